The predicted octanol–water partition coefficient (Wildman–Crippen LogP) is 1.95. The van der Waals surface area contributed by atoms with E-state index in [9.17, 15) is 13.2 Å². The van der Waals surface area contributed by atoms with Crippen LogP contribution in [0.3, 0.4) is 0 Å². The zero-order valence-corrected chi connectivity index (χ0v) is 17.3. The van der Waals surface area contributed by atoms with Gasteiger partial charge in [0.05, 0.1) is 16.7 Å². The fourth-order valence-corrected chi connectivity index (χ4v) is 4.88. The van der Waals surface area contributed by atoms with Crippen LogP contribution in [0.1, 0.15) is 12.8 Å². The molecule has 2 aromatic carbocycles. The second kappa shape index (κ2) is 8.93. The van der Waals surface area contributed by atoms with E-state index >= 15 is 0 Å². The molecule has 160 valence electrons. The van der Waals surface area contributed by atoms with Crippen LogP contribution < -0.4 is 19.1 Å². The third kappa shape index (κ3) is 4.52. The minimum absolute atomic E-state index is 0.0255. The van der Waals surface area contributed by atoms with Crippen LogP contribution >= 0.6 is 0 Å². The van der Waals surface area contributed by atoms with Crippen LogP contribution in [-0.2, 0) is 19.6 Å². The van der Waals surface area contributed by atoms with Gasteiger partial charge in [-0.2, -0.15) is 0 Å². The molecule has 0 saturated carbocycles. The molecule has 0 unspecified atom stereocenters. The largest absolute Gasteiger partial charge is 0.486 e. The Morgan fingerprint density at radius 3 is 2.53 bits per heavy atom. The summed E-state index contributed by atoms with van der Waals surface area (Å²) in [5, 5.41) is 2.78. The molecule has 1 atom stereocenters. The van der Waals surface area contributed by atoms with E-state index in [0.717, 1.165) is 17.1 Å². The van der Waals surface area contributed by atoms with Crippen molar-refractivity contribution in [2.75, 3.05) is 37.2 Å². The summed E-state index contributed by atoms with van der Waals surface area (Å²) in [6.45, 7) is 1.50. The molecule has 2 aliphatic heterocycles. The number of hydrogen-bond acceptors (Lipinski definition) is 6. The van der Waals surface area contributed by atoms with Gasteiger partial charge in [-0.15, -0.1) is 0 Å². The predicted molar refractivity (Wildman–Crippen MR) is 110 cm³/mol. The van der Waals surface area contributed by atoms with Crippen molar-refractivity contribution in [1.82, 2.24) is 5.32 Å². The molecule has 2 heterocycles. The Hall–Kier alpha value is -2.78. The van der Waals surface area contributed by atoms with Crippen LogP contribution in [0.4, 0.5) is 5.69 Å². The first-order valence-corrected chi connectivity index (χ1v) is 11.3. The summed E-state index contributed by atoms with van der Waals surface area (Å²) in [5.74, 6) is 0.594. The van der Waals surface area contributed by atoms with Gasteiger partial charge in [-0.05, 0) is 37.1 Å². The van der Waals surface area contributed by atoms with E-state index in [1.54, 1.807) is 36.4 Å². The number of amides is 1. The molecule has 2 aromatic rings. The van der Waals surface area contributed by atoms with Crippen LogP contribution in [0.15, 0.2) is 53.4 Å². The number of rotatable bonds is 7. The van der Waals surface area contributed by atoms with Crippen molar-refractivity contribution in [3.8, 4) is 11.5 Å². The number of fused-ring (bicyclic) bond motifs is 1. The summed E-state index contributed by atoms with van der Waals surface area (Å²) in [7, 11) is -3.97. The zero-order chi connectivity index (χ0) is 21.0. The number of sulfonamides is 1. The highest BCUT2D eigenvalue weighted by Crippen LogP contribution is 2.35. The van der Waals surface area contributed by atoms with E-state index in [-0.39, 0.29) is 17.5 Å². The maximum Gasteiger partial charge on any atom is 0.264 e. The fourth-order valence-electron chi connectivity index (χ4n) is 3.44. The van der Waals surface area contributed by atoms with E-state index in [0.29, 0.717) is 43.6 Å². The van der Waals surface area contributed by atoms with Crippen molar-refractivity contribution < 1.29 is 27.4 Å². The summed E-state index contributed by atoms with van der Waals surface area (Å²) in [6.07, 6.45) is 1.82. The van der Waals surface area contributed by atoms with E-state index in [2.05, 4.69) is 5.32 Å². The van der Waals surface area contributed by atoms with Gasteiger partial charge in [0.2, 0.25) is 5.91 Å². The Labute approximate surface area is 175 Å². The molecule has 0 bridgehead atoms. The number of anilines is 1. The van der Waals surface area contributed by atoms with Gasteiger partial charge in [0.25, 0.3) is 10.0 Å². The summed E-state index contributed by atoms with van der Waals surface area (Å²) in [4.78, 5) is 12.7. The zero-order valence-electron chi connectivity index (χ0n) is 16.5. The Balaban J connectivity index is 1.60. The topological polar surface area (TPSA) is 94.2 Å². The average molecular weight is 432 g/mol. The summed E-state index contributed by atoms with van der Waals surface area (Å²) >= 11 is 0. The van der Waals surface area contributed by atoms with Gasteiger partial charge >= 0.3 is 0 Å². The lowest BCUT2D eigenvalue weighted by atomic mass is 10.2. The quantitative estimate of drug-likeness (QED) is 0.719. The normalized spacial score (nSPS) is 18.1. The van der Waals surface area contributed by atoms with Gasteiger partial charge in [-0.1, -0.05) is 18.2 Å². The van der Waals surface area contributed by atoms with Crippen LogP contribution in [-0.4, -0.2) is 53.3 Å². The van der Waals surface area contributed by atoms with Crippen molar-refractivity contribution in [3.05, 3.63) is 48.5 Å². The second-order valence-electron chi connectivity index (χ2n) is 7.09. The van der Waals surface area contributed by atoms with Gasteiger partial charge in [-0.3, -0.25) is 9.10 Å². The number of nitrogens with zero attached hydrogens (tertiary/aromatic N) is 1. The van der Waals surface area contributed by atoms with E-state index in [1.807, 2.05) is 0 Å². The molecule has 8 nitrogen and oxygen atoms in total. The third-order valence-corrected chi connectivity index (χ3v) is 6.77. The number of carbonyl (C=O) groups excluding carboxylic acids is 1. The average Bonchev–Trinajstić information content (AvgIpc) is 3.30. The standard InChI is InChI=1S/C21H24N2O6S/c24-21(22-14-17-5-4-10-27-17)15-23(30(25,26)18-6-2-1-3-7-18)16-8-9-19-20(13-16)29-12-11-28-19/h1-3,6-9,13,17H,4-5,10-12,14-15H2,(H,22,24)/t17-/m1/s1. The van der Waals surface area contributed by atoms with Crippen LogP contribution in [0.5, 0.6) is 11.5 Å². The lowest BCUT2D eigenvalue weighted by molar-refractivity contribution is -0.120. The van der Waals surface area contributed by atoms with Crippen molar-refractivity contribution in [2.24, 2.45) is 0 Å². The summed E-state index contributed by atoms with van der Waals surface area (Å²) in [6, 6.07) is 12.9. The Bertz CT molecular complexity index is 990. The number of hydrogen-bond donors (Lipinski definition) is 1. The Morgan fingerprint density at radius 1 is 1.03 bits per heavy atom. The molecular weight excluding hydrogens is 408 g/mol. The number of carbonyl (C=O) groups is 1. The number of benzene rings is 2. The Morgan fingerprint density at radius 2 is 1.80 bits per heavy atom. The first-order chi connectivity index (χ1) is 14.5. The highest BCUT2D eigenvalue weighted by molar-refractivity contribution is 7.92. The van der Waals surface area contributed by atoms with Gasteiger partial charge < -0.3 is 19.5 Å². The highest BCUT2D eigenvalue weighted by atomic mass is 32.2. The molecule has 4 rings (SSSR count). The van der Waals surface area contributed by atoms with Crippen LogP contribution in [0.25, 0.3) is 0 Å². The molecule has 0 aromatic heterocycles. The molecular formula is C21H24N2O6S. The van der Waals surface area contributed by atoms with E-state index in [1.165, 1.54) is 12.1 Å². The number of nitrogens with one attached hydrogen (secondary N) is 1. The summed E-state index contributed by atoms with van der Waals surface area (Å²) in [5.41, 5.74) is 0.329. The lowest BCUT2D eigenvalue weighted by Gasteiger charge is -2.26. The molecule has 1 fully saturated rings. The molecule has 1 N–H and O–H groups in total. The smallest absolute Gasteiger partial charge is 0.264 e. The van der Waals surface area contributed by atoms with E-state index < -0.39 is 15.9 Å². The monoisotopic (exact) mass is 432 g/mol. The molecule has 0 aliphatic carbocycles. The van der Waals surface area contributed by atoms with Crippen molar-refractivity contribution in [3.63, 3.8) is 0 Å². The molecule has 30 heavy (non-hydrogen) atoms. The highest BCUT2D eigenvalue weighted by Gasteiger charge is 2.29. The van der Waals surface area contributed by atoms with Gasteiger partial charge in [0.15, 0.2) is 11.5 Å². The van der Waals surface area contributed by atoms with Gasteiger partial charge in [0, 0.05) is 19.2 Å². The summed E-state index contributed by atoms with van der Waals surface area (Å²) < 4.78 is 44.4. The van der Waals surface area contributed by atoms with E-state index in [4.69, 9.17) is 14.2 Å². The first kappa shape index (κ1) is 20.5. The minimum atomic E-state index is -3.97. The first-order valence-electron chi connectivity index (χ1n) is 9.90. The fraction of sp³-hybridized carbons (Fsp3) is 0.381. The molecule has 1 amide bonds. The number of ether oxygens (including phenoxy) is 3. The van der Waals surface area contributed by atoms with Crippen LogP contribution in [0.2, 0.25) is 0 Å². The lowest BCUT2D eigenvalue weighted by Crippen LogP contribution is -2.42. The second-order valence-corrected chi connectivity index (χ2v) is 8.95. The van der Waals surface area contributed by atoms with Gasteiger partial charge in [0.1, 0.15) is 19.8 Å². The molecule has 1 saturated heterocycles. The Kier molecular flexibility index (Phi) is 6.10. The maximum atomic E-state index is 13.3. The van der Waals surface area contributed by atoms with Crippen LogP contribution in [0, 0.1) is 0 Å². The molecule has 2 aliphatic rings. The van der Waals surface area contributed by atoms with Gasteiger partial charge in [-0.25, -0.2) is 8.42 Å². The minimum Gasteiger partial charge on any atom is -0.486 e. The van der Waals surface area contributed by atoms with Crippen molar-refractivity contribution in [2.45, 2.75) is 23.8 Å². The maximum absolute atomic E-state index is 13.3. The molecule has 0 radical (unpaired) electrons. The molecule has 9 heteroatoms. The third-order valence-electron chi connectivity index (χ3n) is 4.98. The molecule has 0 spiro atoms. The SMILES string of the molecule is O=C(CN(c1ccc2c(c1)OCCO2)S(=O)(=O)c1ccccc1)NC[C@H]1CCCO1. The van der Waals surface area contributed by atoms with Crippen molar-refractivity contribution >= 4 is 21.6 Å². The van der Waals surface area contributed by atoms with Crippen molar-refractivity contribution in [1.29, 1.82) is 0 Å².